The van der Waals surface area contributed by atoms with E-state index < -0.39 is 0 Å². The van der Waals surface area contributed by atoms with E-state index in [1.807, 2.05) is 49.4 Å². The van der Waals surface area contributed by atoms with Crippen LogP contribution in [0.15, 0.2) is 58.4 Å². The molecular formula is C26H28N4O2S2. The molecule has 2 aromatic heterocycles. The van der Waals surface area contributed by atoms with Gasteiger partial charge in [-0.15, -0.1) is 0 Å². The van der Waals surface area contributed by atoms with Gasteiger partial charge in [-0.3, -0.25) is 18.9 Å². The molecule has 3 heterocycles. The largest absolute Gasteiger partial charge is 0.369 e. The van der Waals surface area contributed by atoms with Crippen molar-refractivity contribution in [1.82, 2.24) is 14.3 Å². The number of carbonyl (C=O) groups is 1. The molecular weight excluding hydrogens is 464 g/mol. The third-order valence-electron chi connectivity index (χ3n) is 5.77. The molecule has 0 aliphatic carbocycles. The van der Waals surface area contributed by atoms with Crippen LogP contribution in [0.5, 0.6) is 0 Å². The number of nitrogens with zero attached hydrogens (tertiary/aromatic N) is 3. The van der Waals surface area contributed by atoms with Crippen molar-refractivity contribution in [1.29, 1.82) is 0 Å². The molecule has 0 spiro atoms. The summed E-state index contributed by atoms with van der Waals surface area (Å²) in [6, 6.07) is 13.8. The fraction of sp³-hybridized carbons (Fsp3) is 0.308. The van der Waals surface area contributed by atoms with Gasteiger partial charge in [0, 0.05) is 19.3 Å². The van der Waals surface area contributed by atoms with Gasteiger partial charge in [0.2, 0.25) is 0 Å². The average molecular weight is 493 g/mol. The molecule has 0 radical (unpaired) electrons. The van der Waals surface area contributed by atoms with Crippen molar-refractivity contribution in [3.05, 3.63) is 80.6 Å². The SMILES string of the molecule is CCCCCNc1nc2c(C)cccn2c(=O)c1/C=C1/SC(=S)N(CCc2ccccc2)C1=O. The maximum absolute atomic E-state index is 13.4. The normalized spacial score (nSPS) is 15.0. The third-order valence-corrected chi connectivity index (χ3v) is 7.15. The number of hydrogen-bond acceptors (Lipinski definition) is 6. The Morgan fingerprint density at radius 1 is 1.12 bits per heavy atom. The zero-order chi connectivity index (χ0) is 24.1. The van der Waals surface area contributed by atoms with Crippen molar-refractivity contribution in [3.63, 3.8) is 0 Å². The molecule has 0 saturated carbocycles. The zero-order valence-electron chi connectivity index (χ0n) is 19.4. The van der Waals surface area contributed by atoms with Crippen LogP contribution >= 0.6 is 24.0 Å². The molecule has 8 heteroatoms. The van der Waals surface area contributed by atoms with Crippen LogP contribution in [0.4, 0.5) is 5.82 Å². The van der Waals surface area contributed by atoms with Gasteiger partial charge in [0.15, 0.2) is 0 Å². The maximum Gasteiger partial charge on any atom is 0.267 e. The molecule has 1 amide bonds. The minimum Gasteiger partial charge on any atom is -0.369 e. The summed E-state index contributed by atoms with van der Waals surface area (Å²) in [5.41, 5.74) is 2.84. The van der Waals surface area contributed by atoms with Crippen molar-refractivity contribution in [2.24, 2.45) is 0 Å². The van der Waals surface area contributed by atoms with Crippen LogP contribution in [0.2, 0.25) is 0 Å². The first-order valence-electron chi connectivity index (χ1n) is 11.5. The van der Waals surface area contributed by atoms with Gasteiger partial charge < -0.3 is 5.32 Å². The number of fused-ring (bicyclic) bond motifs is 1. The number of amides is 1. The van der Waals surface area contributed by atoms with Gasteiger partial charge in [0.1, 0.15) is 15.8 Å². The summed E-state index contributed by atoms with van der Waals surface area (Å²) >= 11 is 6.73. The number of hydrogen-bond donors (Lipinski definition) is 1. The number of benzene rings is 1. The highest BCUT2D eigenvalue weighted by Gasteiger charge is 2.32. The van der Waals surface area contributed by atoms with Gasteiger partial charge in [-0.25, -0.2) is 4.98 Å². The number of nitrogens with one attached hydrogen (secondary N) is 1. The van der Waals surface area contributed by atoms with Crippen LogP contribution in [-0.2, 0) is 11.2 Å². The number of anilines is 1. The van der Waals surface area contributed by atoms with Crippen LogP contribution in [0.1, 0.15) is 42.9 Å². The van der Waals surface area contributed by atoms with E-state index in [1.165, 1.54) is 16.2 Å². The van der Waals surface area contributed by atoms with E-state index in [2.05, 4.69) is 12.2 Å². The average Bonchev–Trinajstić information content (AvgIpc) is 3.11. The molecule has 1 fully saturated rings. The highest BCUT2D eigenvalue weighted by Crippen LogP contribution is 2.33. The number of aromatic nitrogens is 2. The monoisotopic (exact) mass is 492 g/mol. The summed E-state index contributed by atoms with van der Waals surface area (Å²) in [6.45, 7) is 5.29. The Kier molecular flexibility index (Phi) is 7.80. The highest BCUT2D eigenvalue weighted by atomic mass is 32.2. The summed E-state index contributed by atoms with van der Waals surface area (Å²) < 4.78 is 2.04. The van der Waals surface area contributed by atoms with Crippen LogP contribution in [0.3, 0.4) is 0 Å². The Morgan fingerprint density at radius 2 is 1.91 bits per heavy atom. The highest BCUT2D eigenvalue weighted by molar-refractivity contribution is 8.26. The predicted molar refractivity (Wildman–Crippen MR) is 144 cm³/mol. The summed E-state index contributed by atoms with van der Waals surface area (Å²) in [5, 5.41) is 3.33. The lowest BCUT2D eigenvalue weighted by Gasteiger charge is -2.14. The van der Waals surface area contributed by atoms with E-state index in [0.29, 0.717) is 45.8 Å². The molecule has 1 aromatic carbocycles. The number of rotatable bonds is 9. The predicted octanol–water partition coefficient (Wildman–Crippen LogP) is 5.05. The van der Waals surface area contributed by atoms with Gasteiger partial charge >= 0.3 is 0 Å². The van der Waals surface area contributed by atoms with E-state index in [4.69, 9.17) is 17.2 Å². The quantitative estimate of drug-likeness (QED) is 0.256. The van der Waals surface area contributed by atoms with Crippen molar-refractivity contribution in [2.45, 2.75) is 39.5 Å². The molecule has 0 unspecified atom stereocenters. The van der Waals surface area contributed by atoms with Gasteiger partial charge in [-0.1, -0.05) is 80.1 Å². The molecule has 176 valence electrons. The lowest BCUT2D eigenvalue weighted by atomic mass is 10.1. The lowest BCUT2D eigenvalue weighted by Crippen LogP contribution is -2.30. The van der Waals surface area contributed by atoms with Crippen LogP contribution < -0.4 is 10.9 Å². The van der Waals surface area contributed by atoms with Crippen LogP contribution in [0, 0.1) is 6.92 Å². The minimum absolute atomic E-state index is 0.170. The molecule has 3 aromatic rings. The molecule has 4 rings (SSSR count). The van der Waals surface area contributed by atoms with Crippen molar-refractivity contribution >= 4 is 51.7 Å². The summed E-state index contributed by atoms with van der Waals surface area (Å²) in [5.74, 6) is 0.335. The lowest BCUT2D eigenvalue weighted by molar-refractivity contribution is -0.122. The van der Waals surface area contributed by atoms with Crippen molar-refractivity contribution < 1.29 is 4.79 Å². The number of pyridine rings is 1. The van der Waals surface area contributed by atoms with Crippen molar-refractivity contribution in [2.75, 3.05) is 18.4 Å². The number of thioether (sulfide) groups is 1. The van der Waals surface area contributed by atoms with Crippen LogP contribution in [-0.4, -0.2) is 37.6 Å². The molecule has 1 saturated heterocycles. The molecule has 1 aliphatic rings. The number of aryl methyl sites for hydroxylation is 1. The Hall–Kier alpha value is -2.97. The number of thiocarbonyl (C=S) groups is 1. The molecule has 0 bridgehead atoms. The summed E-state index contributed by atoms with van der Waals surface area (Å²) in [7, 11) is 0. The second-order valence-corrected chi connectivity index (χ2v) is 9.94. The maximum atomic E-state index is 13.4. The first kappa shape index (κ1) is 24.2. The number of carbonyl (C=O) groups excluding carboxylic acids is 1. The fourth-order valence-corrected chi connectivity index (χ4v) is 5.16. The van der Waals surface area contributed by atoms with E-state index in [-0.39, 0.29) is 11.5 Å². The fourth-order valence-electron chi connectivity index (χ4n) is 3.87. The van der Waals surface area contributed by atoms with E-state index in [9.17, 15) is 9.59 Å². The molecule has 1 N–H and O–H groups in total. The van der Waals surface area contributed by atoms with E-state index in [0.717, 1.165) is 30.4 Å². The third kappa shape index (κ3) is 5.23. The Balaban J connectivity index is 1.65. The number of unbranched alkanes of at least 4 members (excludes halogenated alkanes) is 2. The van der Waals surface area contributed by atoms with Gasteiger partial charge in [0.25, 0.3) is 11.5 Å². The first-order chi connectivity index (χ1) is 16.5. The second-order valence-electron chi connectivity index (χ2n) is 8.27. The molecule has 34 heavy (non-hydrogen) atoms. The zero-order valence-corrected chi connectivity index (χ0v) is 21.0. The molecule has 1 aliphatic heterocycles. The first-order valence-corrected chi connectivity index (χ1v) is 12.8. The van der Waals surface area contributed by atoms with Crippen molar-refractivity contribution in [3.8, 4) is 0 Å². The van der Waals surface area contributed by atoms with Gasteiger partial charge in [0.05, 0.1) is 10.5 Å². The molecule has 6 nitrogen and oxygen atoms in total. The molecule has 0 atom stereocenters. The summed E-state index contributed by atoms with van der Waals surface area (Å²) in [4.78, 5) is 33.4. The smallest absolute Gasteiger partial charge is 0.267 e. The minimum atomic E-state index is -0.207. The van der Waals surface area contributed by atoms with E-state index in [1.54, 1.807) is 17.2 Å². The Bertz CT molecular complexity index is 1300. The van der Waals surface area contributed by atoms with Crippen LogP contribution in [0.25, 0.3) is 11.7 Å². The van der Waals surface area contributed by atoms with E-state index >= 15 is 0 Å². The standard InChI is InChI=1S/C26H28N4O2S2/c1-3-4-8-14-27-22-20(24(31)29-15-9-10-18(2)23(29)28-22)17-21-25(32)30(26(33)34-21)16-13-19-11-6-5-7-12-19/h5-7,9-12,15,17,27H,3-4,8,13-14,16H2,1-2H3/b21-17+. The van der Waals surface area contributed by atoms with Gasteiger partial charge in [-0.2, -0.15) is 0 Å². The Morgan fingerprint density at radius 3 is 2.68 bits per heavy atom. The summed E-state index contributed by atoms with van der Waals surface area (Å²) in [6.07, 6.45) is 7.24. The van der Waals surface area contributed by atoms with Gasteiger partial charge in [-0.05, 0) is 43.0 Å². The topological polar surface area (TPSA) is 66.7 Å². The Labute approximate surface area is 209 Å². The second kappa shape index (κ2) is 11.0.